The van der Waals surface area contributed by atoms with Gasteiger partial charge in [-0.15, -0.1) is 0 Å². The predicted octanol–water partition coefficient (Wildman–Crippen LogP) is 1.89. The fraction of sp³-hybridized carbons (Fsp3) is 0.600. The van der Waals surface area contributed by atoms with E-state index in [1.807, 2.05) is 13.1 Å². The molecule has 0 amide bonds. The lowest BCUT2D eigenvalue weighted by Crippen LogP contribution is -2.23. The number of ether oxygens (including phenoxy) is 2. The molecule has 1 heterocycles. The molecule has 0 atom stereocenters. The van der Waals surface area contributed by atoms with Crippen LogP contribution in [0.2, 0.25) is 0 Å². The molecule has 0 radical (unpaired) electrons. The van der Waals surface area contributed by atoms with Crippen LogP contribution in [0.25, 0.3) is 0 Å². The second kappa shape index (κ2) is 7.36. The Balaban J connectivity index is 1.70. The summed E-state index contributed by atoms with van der Waals surface area (Å²) in [5.74, 6) is 1.75. The van der Waals surface area contributed by atoms with E-state index in [-0.39, 0.29) is 0 Å². The number of hydrogen-bond acceptors (Lipinski definition) is 4. The molecule has 0 fully saturated rings. The number of likely N-dealkylation sites (N-methyl/N-ethyl adjacent to an activating group) is 1. The van der Waals surface area contributed by atoms with Crippen LogP contribution in [-0.2, 0) is 6.42 Å². The maximum absolute atomic E-state index is 5.39. The van der Waals surface area contributed by atoms with Gasteiger partial charge in [-0.25, -0.2) is 0 Å². The van der Waals surface area contributed by atoms with Crippen molar-refractivity contribution in [3.8, 4) is 11.5 Å². The molecular weight excluding hydrogens is 240 g/mol. The lowest BCUT2D eigenvalue weighted by molar-refractivity contribution is 0.174. The van der Waals surface area contributed by atoms with Crippen molar-refractivity contribution in [1.29, 1.82) is 0 Å². The molecule has 0 aromatic heterocycles. The van der Waals surface area contributed by atoms with Crippen molar-refractivity contribution in [2.45, 2.75) is 19.3 Å². The van der Waals surface area contributed by atoms with E-state index < -0.39 is 0 Å². The van der Waals surface area contributed by atoms with Crippen LogP contribution >= 0.6 is 0 Å². The summed E-state index contributed by atoms with van der Waals surface area (Å²) < 4.78 is 10.7. The van der Waals surface area contributed by atoms with E-state index in [1.54, 1.807) is 0 Å². The molecular formula is C15H24N2O2. The van der Waals surface area contributed by atoms with Crippen molar-refractivity contribution in [3.05, 3.63) is 23.8 Å². The first-order valence-electron chi connectivity index (χ1n) is 7.01. The van der Waals surface area contributed by atoms with Gasteiger partial charge in [0.2, 0.25) is 6.79 Å². The first-order chi connectivity index (χ1) is 9.29. The van der Waals surface area contributed by atoms with Crippen LogP contribution < -0.4 is 14.8 Å². The molecule has 0 saturated heterocycles. The topological polar surface area (TPSA) is 33.7 Å². The summed E-state index contributed by atoms with van der Waals surface area (Å²) in [5, 5.41) is 3.18. The van der Waals surface area contributed by atoms with Gasteiger partial charge < -0.3 is 19.7 Å². The fourth-order valence-corrected chi connectivity index (χ4v) is 2.21. The zero-order valence-corrected chi connectivity index (χ0v) is 11.9. The molecule has 0 aliphatic carbocycles. The van der Waals surface area contributed by atoms with Crippen LogP contribution in [0, 0.1) is 0 Å². The second-order valence-corrected chi connectivity index (χ2v) is 5.05. The molecule has 1 aliphatic rings. The third-order valence-corrected chi connectivity index (χ3v) is 3.44. The van der Waals surface area contributed by atoms with Crippen LogP contribution in [0.1, 0.15) is 18.4 Å². The molecule has 0 bridgehead atoms. The third kappa shape index (κ3) is 4.40. The van der Waals surface area contributed by atoms with Crippen molar-refractivity contribution in [1.82, 2.24) is 10.2 Å². The van der Waals surface area contributed by atoms with Crippen LogP contribution in [0.3, 0.4) is 0 Å². The van der Waals surface area contributed by atoms with E-state index in [4.69, 9.17) is 9.47 Å². The van der Waals surface area contributed by atoms with Crippen LogP contribution in [0.4, 0.5) is 0 Å². The number of benzene rings is 1. The highest BCUT2D eigenvalue weighted by atomic mass is 16.7. The van der Waals surface area contributed by atoms with Gasteiger partial charge >= 0.3 is 0 Å². The van der Waals surface area contributed by atoms with Crippen molar-refractivity contribution in [3.63, 3.8) is 0 Å². The minimum atomic E-state index is 0.351. The molecule has 4 nitrogen and oxygen atoms in total. The lowest BCUT2D eigenvalue weighted by Gasteiger charge is -2.16. The summed E-state index contributed by atoms with van der Waals surface area (Å²) in [4.78, 5) is 2.39. The average molecular weight is 264 g/mol. The highest BCUT2D eigenvalue weighted by Crippen LogP contribution is 2.32. The quantitative estimate of drug-likeness (QED) is 0.727. The van der Waals surface area contributed by atoms with Gasteiger partial charge in [0.1, 0.15) is 0 Å². The van der Waals surface area contributed by atoms with E-state index in [1.165, 1.54) is 18.4 Å². The third-order valence-electron chi connectivity index (χ3n) is 3.44. The summed E-state index contributed by atoms with van der Waals surface area (Å²) >= 11 is 0. The zero-order valence-electron chi connectivity index (χ0n) is 11.9. The number of nitrogens with one attached hydrogen (secondary N) is 1. The summed E-state index contributed by atoms with van der Waals surface area (Å²) in [6.45, 7) is 3.70. The number of unbranched alkanes of at least 4 members (excludes halogenated alkanes) is 1. The smallest absolute Gasteiger partial charge is 0.231 e. The highest BCUT2D eigenvalue weighted by Gasteiger charge is 2.13. The van der Waals surface area contributed by atoms with Gasteiger partial charge in [0.25, 0.3) is 0 Å². The van der Waals surface area contributed by atoms with Gasteiger partial charge in [0.15, 0.2) is 11.5 Å². The Kier molecular flexibility index (Phi) is 5.48. The van der Waals surface area contributed by atoms with E-state index >= 15 is 0 Å². The van der Waals surface area contributed by atoms with Crippen molar-refractivity contribution >= 4 is 0 Å². The molecule has 1 aliphatic heterocycles. The predicted molar refractivity (Wildman–Crippen MR) is 76.9 cm³/mol. The Morgan fingerprint density at radius 1 is 1.16 bits per heavy atom. The number of hydrogen-bond donors (Lipinski definition) is 1. The molecule has 1 aromatic rings. The number of nitrogens with zero attached hydrogens (tertiary/aromatic N) is 1. The second-order valence-electron chi connectivity index (χ2n) is 5.05. The molecule has 0 spiro atoms. The molecule has 1 aromatic carbocycles. The maximum atomic E-state index is 5.39. The first-order valence-corrected chi connectivity index (χ1v) is 7.01. The van der Waals surface area contributed by atoms with E-state index in [0.29, 0.717) is 6.79 Å². The van der Waals surface area contributed by atoms with Gasteiger partial charge in [0, 0.05) is 6.54 Å². The van der Waals surface area contributed by atoms with Gasteiger partial charge in [0.05, 0.1) is 0 Å². The summed E-state index contributed by atoms with van der Waals surface area (Å²) in [5.41, 5.74) is 1.31. The normalized spacial score (nSPS) is 13.2. The van der Waals surface area contributed by atoms with Crippen LogP contribution in [-0.4, -0.2) is 45.4 Å². The Hall–Kier alpha value is -1.26. The first kappa shape index (κ1) is 14.2. The average Bonchev–Trinajstić information content (AvgIpc) is 2.89. The van der Waals surface area contributed by atoms with Crippen LogP contribution in [0.15, 0.2) is 18.2 Å². The molecule has 0 saturated carbocycles. The Morgan fingerprint density at radius 3 is 2.84 bits per heavy atom. The van der Waals surface area contributed by atoms with Gasteiger partial charge in [-0.3, -0.25) is 0 Å². The summed E-state index contributed by atoms with van der Waals surface area (Å²) in [6.07, 6.45) is 3.54. The molecule has 0 unspecified atom stereocenters. The standard InChI is InChI=1S/C15H24N2O2/c1-16-8-3-4-9-17(2)10-7-13-5-6-14-15(11-13)19-12-18-14/h5-6,11,16H,3-4,7-10,12H2,1-2H3. The van der Waals surface area contributed by atoms with Gasteiger partial charge in [-0.2, -0.15) is 0 Å². The minimum absolute atomic E-state index is 0.351. The molecule has 4 heteroatoms. The van der Waals surface area contributed by atoms with E-state index in [9.17, 15) is 0 Å². The molecule has 2 rings (SSSR count). The lowest BCUT2D eigenvalue weighted by atomic mass is 10.1. The Bertz CT molecular complexity index is 396. The zero-order chi connectivity index (χ0) is 13.5. The number of rotatable bonds is 8. The van der Waals surface area contributed by atoms with Gasteiger partial charge in [-0.1, -0.05) is 6.07 Å². The largest absolute Gasteiger partial charge is 0.454 e. The monoisotopic (exact) mass is 264 g/mol. The van der Waals surface area contributed by atoms with Crippen molar-refractivity contribution < 1.29 is 9.47 Å². The Labute approximate surface area is 115 Å². The molecule has 1 N–H and O–H groups in total. The maximum Gasteiger partial charge on any atom is 0.231 e. The minimum Gasteiger partial charge on any atom is -0.454 e. The SMILES string of the molecule is CNCCCCN(C)CCc1ccc2c(c1)OCO2. The fourth-order valence-electron chi connectivity index (χ4n) is 2.21. The van der Waals surface area contributed by atoms with E-state index in [0.717, 1.165) is 37.6 Å². The van der Waals surface area contributed by atoms with Crippen LogP contribution in [0.5, 0.6) is 11.5 Å². The van der Waals surface area contributed by atoms with E-state index in [2.05, 4.69) is 29.4 Å². The summed E-state index contributed by atoms with van der Waals surface area (Å²) in [7, 11) is 4.19. The highest BCUT2D eigenvalue weighted by molar-refractivity contribution is 5.44. The Morgan fingerprint density at radius 2 is 2.00 bits per heavy atom. The molecule has 106 valence electrons. The molecule has 19 heavy (non-hydrogen) atoms. The van der Waals surface area contributed by atoms with Gasteiger partial charge in [-0.05, 0) is 64.1 Å². The van der Waals surface area contributed by atoms with Crippen molar-refractivity contribution in [2.75, 3.05) is 40.5 Å². The van der Waals surface area contributed by atoms with Crippen molar-refractivity contribution in [2.24, 2.45) is 0 Å². The summed E-state index contributed by atoms with van der Waals surface area (Å²) in [6, 6.07) is 6.23. The number of fused-ring (bicyclic) bond motifs is 1.